The van der Waals surface area contributed by atoms with Gasteiger partial charge in [0, 0.05) is 32.2 Å². The lowest BCUT2D eigenvalue weighted by Crippen LogP contribution is -2.54. The monoisotopic (exact) mass is 413 g/mol. The lowest BCUT2D eigenvalue weighted by molar-refractivity contribution is -0.123. The maximum atomic E-state index is 13.9. The average molecular weight is 413 g/mol. The number of sulfonamides is 1. The van der Waals surface area contributed by atoms with Crippen molar-refractivity contribution in [3.63, 3.8) is 0 Å². The molecule has 28 heavy (non-hydrogen) atoms. The Morgan fingerprint density at radius 3 is 2.32 bits per heavy atom. The summed E-state index contributed by atoms with van der Waals surface area (Å²) in [6, 6.07) is 2.39. The molecule has 0 aromatic heterocycles. The molecule has 6 nitrogen and oxygen atoms in total. The van der Waals surface area contributed by atoms with Gasteiger partial charge in [0.05, 0.1) is 6.54 Å². The molecule has 0 spiro atoms. The van der Waals surface area contributed by atoms with Gasteiger partial charge in [0.1, 0.15) is 22.1 Å². The predicted molar refractivity (Wildman–Crippen MR) is 102 cm³/mol. The van der Waals surface area contributed by atoms with Crippen molar-refractivity contribution in [3.05, 3.63) is 29.8 Å². The topological polar surface area (TPSA) is 69.7 Å². The molecule has 0 saturated carbocycles. The summed E-state index contributed by atoms with van der Waals surface area (Å²) >= 11 is 0. The lowest BCUT2D eigenvalue weighted by atomic mass is 9.94. The largest absolute Gasteiger partial charge is 0.339 e. The van der Waals surface area contributed by atoms with E-state index >= 15 is 0 Å². The molecule has 1 aliphatic heterocycles. The van der Waals surface area contributed by atoms with Gasteiger partial charge in [-0.3, -0.25) is 9.69 Å². The second-order valence-corrected chi connectivity index (χ2v) is 8.64. The second-order valence-electron chi connectivity index (χ2n) is 6.74. The molecule has 0 bridgehead atoms. The van der Waals surface area contributed by atoms with E-state index in [0.29, 0.717) is 32.0 Å². The first-order valence-corrected chi connectivity index (χ1v) is 10.6. The Hall–Kier alpha value is -2.02. The highest BCUT2D eigenvalue weighted by molar-refractivity contribution is 7.89. The normalized spacial score (nSPS) is 16.5. The molecule has 0 radical (unpaired) electrons. The van der Waals surface area contributed by atoms with Crippen molar-refractivity contribution in [1.29, 1.82) is 0 Å². The van der Waals surface area contributed by atoms with Crippen LogP contribution in [0.4, 0.5) is 8.78 Å². The van der Waals surface area contributed by atoms with Crippen LogP contribution in [0.15, 0.2) is 23.1 Å². The highest BCUT2D eigenvalue weighted by atomic mass is 32.2. The number of hydrogen-bond donors (Lipinski definition) is 1. The van der Waals surface area contributed by atoms with E-state index in [9.17, 15) is 22.0 Å². The van der Waals surface area contributed by atoms with E-state index < -0.39 is 32.1 Å². The fourth-order valence-corrected chi connectivity index (χ4v) is 4.60. The summed E-state index contributed by atoms with van der Waals surface area (Å²) in [7, 11) is -4.06. The van der Waals surface area contributed by atoms with Gasteiger partial charge in [0.2, 0.25) is 15.9 Å². The van der Waals surface area contributed by atoms with E-state index in [-0.39, 0.29) is 25.5 Å². The Bertz CT molecular complexity index is 856. The molecule has 1 amide bonds. The van der Waals surface area contributed by atoms with Gasteiger partial charge in [-0.2, -0.15) is 4.31 Å². The molecule has 9 heteroatoms. The van der Waals surface area contributed by atoms with Crippen LogP contribution in [0.5, 0.6) is 0 Å². The number of benzene rings is 1. The quantitative estimate of drug-likeness (QED) is 0.689. The summed E-state index contributed by atoms with van der Waals surface area (Å²) in [4.78, 5) is 13.6. The van der Waals surface area contributed by atoms with Crippen molar-refractivity contribution in [3.8, 4) is 12.3 Å². The van der Waals surface area contributed by atoms with Crippen molar-refractivity contribution in [1.82, 2.24) is 14.5 Å². The molecule has 1 fully saturated rings. The lowest BCUT2D eigenvalue weighted by Gasteiger charge is -2.34. The third-order valence-corrected chi connectivity index (χ3v) is 7.00. The standard InChI is InChI=1S/C19H25F2N3O3S/c1-4-19(5-2,6-3)22-18(25)14-23-9-11-24(12-10-23)28(26,27)17-8-7-15(20)13-16(17)21/h1,7-8,13H,5-6,9-12,14H2,2-3H3,(H,22,25). The Kier molecular flexibility index (Phi) is 7.15. The highest BCUT2D eigenvalue weighted by Crippen LogP contribution is 2.21. The van der Waals surface area contributed by atoms with Crippen LogP contribution >= 0.6 is 0 Å². The maximum Gasteiger partial charge on any atom is 0.246 e. The van der Waals surface area contributed by atoms with E-state index in [0.717, 1.165) is 16.4 Å². The number of piperazine rings is 1. The van der Waals surface area contributed by atoms with E-state index in [2.05, 4.69) is 11.2 Å². The van der Waals surface area contributed by atoms with Crippen molar-refractivity contribution in [2.24, 2.45) is 0 Å². The van der Waals surface area contributed by atoms with Gasteiger partial charge in [0.25, 0.3) is 0 Å². The smallest absolute Gasteiger partial charge is 0.246 e. The fraction of sp³-hybridized carbons (Fsp3) is 0.526. The molecule has 1 N–H and O–H groups in total. The fourth-order valence-electron chi connectivity index (χ4n) is 3.13. The molecule has 0 atom stereocenters. The van der Waals surface area contributed by atoms with Gasteiger partial charge < -0.3 is 5.32 Å². The zero-order valence-electron chi connectivity index (χ0n) is 16.0. The van der Waals surface area contributed by atoms with Crippen LogP contribution in [0.25, 0.3) is 0 Å². The van der Waals surface area contributed by atoms with Crippen molar-refractivity contribution < 1.29 is 22.0 Å². The SMILES string of the molecule is C#CC(CC)(CC)NC(=O)CN1CCN(S(=O)(=O)c2ccc(F)cc2F)CC1. The van der Waals surface area contributed by atoms with Crippen LogP contribution in [0, 0.1) is 24.0 Å². The Balaban J connectivity index is 1.97. The molecule has 0 unspecified atom stereocenters. The molecule has 1 saturated heterocycles. The van der Waals surface area contributed by atoms with Crippen molar-refractivity contribution in [2.45, 2.75) is 37.1 Å². The summed E-state index contributed by atoms with van der Waals surface area (Å²) in [5.41, 5.74) is -0.678. The van der Waals surface area contributed by atoms with E-state index in [1.54, 1.807) is 0 Å². The van der Waals surface area contributed by atoms with Crippen molar-refractivity contribution >= 4 is 15.9 Å². The molecule has 154 valence electrons. The third-order valence-electron chi connectivity index (χ3n) is 5.07. The summed E-state index contributed by atoms with van der Waals surface area (Å²) in [5, 5.41) is 2.87. The first-order valence-electron chi connectivity index (χ1n) is 9.13. The van der Waals surface area contributed by atoms with Gasteiger partial charge in [-0.25, -0.2) is 17.2 Å². The molecule has 1 heterocycles. The number of carbonyl (C=O) groups excluding carboxylic acids is 1. The summed E-state index contributed by atoms with van der Waals surface area (Å²) in [6.07, 6.45) is 6.77. The van der Waals surface area contributed by atoms with Crippen LogP contribution in [0.2, 0.25) is 0 Å². The number of nitrogens with one attached hydrogen (secondary N) is 1. The minimum Gasteiger partial charge on any atom is -0.339 e. The highest BCUT2D eigenvalue weighted by Gasteiger charge is 2.32. The number of halogens is 2. The van der Waals surface area contributed by atoms with Gasteiger partial charge >= 0.3 is 0 Å². The minimum atomic E-state index is -4.06. The molecular formula is C19H25F2N3O3S. The molecule has 2 rings (SSSR count). The molecule has 1 aromatic carbocycles. The summed E-state index contributed by atoms with van der Waals surface area (Å²) in [5.74, 6) is 0.460. The first kappa shape index (κ1) is 22.3. The van der Waals surface area contributed by atoms with Crippen LogP contribution in [-0.4, -0.2) is 61.8 Å². The molecular weight excluding hydrogens is 388 g/mol. The summed E-state index contributed by atoms with van der Waals surface area (Å²) < 4.78 is 53.3. The number of nitrogens with zero attached hydrogens (tertiary/aromatic N) is 2. The number of rotatable bonds is 7. The van der Waals surface area contributed by atoms with Gasteiger partial charge in [-0.15, -0.1) is 6.42 Å². The van der Waals surface area contributed by atoms with E-state index in [4.69, 9.17) is 6.42 Å². The number of hydrogen-bond acceptors (Lipinski definition) is 4. The van der Waals surface area contributed by atoms with Crippen LogP contribution in [0.1, 0.15) is 26.7 Å². The average Bonchev–Trinajstić information content (AvgIpc) is 2.66. The van der Waals surface area contributed by atoms with Gasteiger partial charge in [-0.05, 0) is 25.0 Å². The predicted octanol–water partition coefficient (Wildman–Crippen LogP) is 1.58. The second kappa shape index (κ2) is 8.99. The van der Waals surface area contributed by atoms with E-state index in [1.807, 2.05) is 18.7 Å². The first-order chi connectivity index (χ1) is 13.2. The maximum absolute atomic E-state index is 13.9. The van der Waals surface area contributed by atoms with Crippen LogP contribution in [0.3, 0.4) is 0 Å². The Labute approximate surface area is 164 Å². The van der Waals surface area contributed by atoms with Crippen LogP contribution < -0.4 is 5.32 Å². The Morgan fingerprint density at radius 1 is 1.21 bits per heavy atom. The number of carbonyl (C=O) groups is 1. The Morgan fingerprint density at radius 2 is 1.82 bits per heavy atom. The molecule has 1 aliphatic rings. The minimum absolute atomic E-state index is 0.0994. The number of terminal acetylenes is 1. The van der Waals surface area contributed by atoms with Gasteiger partial charge in [-0.1, -0.05) is 19.8 Å². The number of amides is 1. The van der Waals surface area contributed by atoms with Gasteiger partial charge in [0.15, 0.2) is 0 Å². The van der Waals surface area contributed by atoms with Crippen molar-refractivity contribution in [2.75, 3.05) is 32.7 Å². The third kappa shape index (κ3) is 4.87. The van der Waals surface area contributed by atoms with E-state index in [1.165, 1.54) is 0 Å². The summed E-state index contributed by atoms with van der Waals surface area (Å²) in [6.45, 7) is 4.75. The molecule has 0 aliphatic carbocycles. The molecule has 1 aromatic rings. The zero-order valence-corrected chi connectivity index (χ0v) is 16.9. The zero-order chi connectivity index (χ0) is 20.9. The van der Waals surface area contributed by atoms with Crippen LogP contribution in [-0.2, 0) is 14.8 Å².